The van der Waals surface area contributed by atoms with Gasteiger partial charge in [-0.25, -0.2) is 4.98 Å². The van der Waals surface area contributed by atoms with Crippen molar-refractivity contribution in [3.8, 4) is 10.6 Å². The van der Waals surface area contributed by atoms with Gasteiger partial charge in [-0.1, -0.05) is 11.6 Å². The Kier molecular flexibility index (Phi) is 3.45. The normalized spacial score (nSPS) is 10.9. The van der Waals surface area contributed by atoms with Gasteiger partial charge in [-0.05, 0) is 35.1 Å². The Balaban J connectivity index is 2.42. The van der Waals surface area contributed by atoms with Crippen LogP contribution in [0, 0.1) is 0 Å². The van der Waals surface area contributed by atoms with Crippen LogP contribution in [0.4, 0.5) is 0 Å². The smallest absolute Gasteiger partial charge is 0.175 e. The maximum absolute atomic E-state index is 5.90. The summed E-state index contributed by atoms with van der Waals surface area (Å²) in [6.45, 7) is 0.753. The first-order chi connectivity index (χ1) is 7.20. The molecular weight excluding hydrogens is 298 g/mol. The Morgan fingerprint density at radius 1 is 1.60 bits per heavy atom. The molecule has 0 aliphatic carbocycles. The van der Waals surface area contributed by atoms with Gasteiger partial charge in [0.1, 0.15) is 5.69 Å². The van der Waals surface area contributed by atoms with Crippen LogP contribution < -0.4 is 5.32 Å². The molecule has 3 nitrogen and oxygen atoms in total. The standard InChI is InChI=1S/C9H9BrClN3S/c1-12-4-5-8(14-9(10)13-5)6-2-3-7(11)15-6/h2-3,12H,4H2,1H3,(H,13,14). The Morgan fingerprint density at radius 3 is 3.00 bits per heavy atom. The number of aromatic amines is 1. The van der Waals surface area contributed by atoms with E-state index in [1.54, 1.807) is 0 Å². The zero-order chi connectivity index (χ0) is 10.8. The van der Waals surface area contributed by atoms with E-state index in [0.717, 1.165) is 31.9 Å². The average Bonchev–Trinajstić information content (AvgIpc) is 2.73. The third-order valence-electron chi connectivity index (χ3n) is 1.91. The molecule has 2 aromatic heterocycles. The second-order valence-electron chi connectivity index (χ2n) is 2.99. The van der Waals surface area contributed by atoms with E-state index in [4.69, 9.17) is 11.6 Å². The number of imidazole rings is 1. The first-order valence-electron chi connectivity index (χ1n) is 4.35. The minimum Gasteiger partial charge on any atom is -0.335 e. The molecule has 0 aliphatic rings. The van der Waals surface area contributed by atoms with Crippen LogP contribution >= 0.6 is 38.9 Å². The minimum atomic E-state index is 0.743. The number of H-pyrrole nitrogens is 1. The molecule has 2 rings (SSSR count). The van der Waals surface area contributed by atoms with Gasteiger partial charge >= 0.3 is 0 Å². The average molecular weight is 307 g/mol. The number of rotatable bonds is 3. The van der Waals surface area contributed by atoms with Gasteiger partial charge in [-0.2, -0.15) is 0 Å². The van der Waals surface area contributed by atoms with E-state index in [0.29, 0.717) is 0 Å². The lowest BCUT2D eigenvalue weighted by molar-refractivity contribution is 0.797. The van der Waals surface area contributed by atoms with Gasteiger partial charge < -0.3 is 10.3 Å². The molecule has 0 saturated carbocycles. The molecule has 0 amide bonds. The third-order valence-corrected chi connectivity index (χ3v) is 3.52. The van der Waals surface area contributed by atoms with Gasteiger partial charge in [-0.3, -0.25) is 0 Å². The minimum absolute atomic E-state index is 0.743. The summed E-state index contributed by atoms with van der Waals surface area (Å²) in [6.07, 6.45) is 0. The zero-order valence-corrected chi connectivity index (χ0v) is 11.1. The predicted molar refractivity (Wildman–Crippen MR) is 67.4 cm³/mol. The quantitative estimate of drug-likeness (QED) is 0.913. The Morgan fingerprint density at radius 2 is 2.40 bits per heavy atom. The number of hydrogen-bond donors (Lipinski definition) is 2. The van der Waals surface area contributed by atoms with Crippen molar-refractivity contribution in [1.29, 1.82) is 0 Å². The molecule has 0 aliphatic heterocycles. The van der Waals surface area contributed by atoms with E-state index < -0.39 is 0 Å². The van der Waals surface area contributed by atoms with Crippen LogP contribution in [0.25, 0.3) is 10.6 Å². The molecule has 2 aromatic rings. The Bertz CT molecular complexity index is 466. The highest BCUT2D eigenvalue weighted by atomic mass is 79.9. The number of aromatic nitrogens is 2. The number of hydrogen-bond acceptors (Lipinski definition) is 3. The summed E-state index contributed by atoms with van der Waals surface area (Å²) >= 11 is 10.8. The second-order valence-corrected chi connectivity index (χ2v) is 5.46. The van der Waals surface area contributed by atoms with Crippen molar-refractivity contribution in [2.45, 2.75) is 6.54 Å². The first kappa shape index (κ1) is 11.1. The second kappa shape index (κ2) is 4.65. The maximum Gasteiger partial charge on any atom is 0.175 e. The van der Waals surface area contributed by atoms with Crippen LogP contribution in [0.2, 0.25) is 4.34 Å². The van der Waals surface area contributed by atoms with E-state index >= 15 is 0 Å². The molecule has 0 saturated heterocycles. The molecular formula is C9H9BrClN3S. The van der Waals surface area contributed by atoms with Crippen molar-refractivity contribution in [1.82, 2.24) is 15.3 Å². The monoisotopic (exact) mass is 305 g/mol. The molecule has 15 heavy (non-hydrogen) atoms. The van der Waals surface area contributed by atoms with Gasteiger partial charge in [0.05, 0.1) is 14.9 Å². The number of nitrogens with zero attached hydrogens (tertiary/aromatic N) is 1. The molecule has 2 N–H and O–H groups in total. The van der Waals surface area contributed by atoms with Crippen LogP contribution in [0.1, 0.15) is 5.69 Å². The molecule has 6 heteroatoms. The zero-order valence-electron chi connectivity index (χ0n) is 7.97. The van der Waals surface area contributed by atoms with Crippen molar-refractivity contribution >= 4 is 38.9 Å². The molecule has 2 heterocycles. The van der Waals surface area contributed by atoms with E-state index in [1.807, 2.05) is 19.2 Å². The van der Waals surface area contributed by atoms with Crippen LogP contribution in [0.3, 0.4) is 0 Å². The van der Waals surface area contributed by atoms with Crippen molar-refractivity contribution in [3.05, 3.63) is 26.9 Å². The summed E-state index contributed by atoms with van der Waals surface area (Å²) in [5.41, 5.74) is 2.01. The van der Waals surface area contributed by atoms with Crippen molar-refractivity contribution in [3.63, 3.8) is 0 Å². The number of nitrogens with one attached hydrogen (secondary N) is 2. The first-order valence-corrected chi connectivity index (χ1v) is 6.34. The van der Waals surface area contributed by atoms with Gasteiger partial charge in [-0.15, -0.1) is 11.3 Å². The molecule has 0 unspecified atom stereocenters. The summed E-state index contributed by atoms with van der Waals surface area (Å²) < 4.78 is 1.52. The highest BCUT2D eigenvalue weighted by Gasteiger charge is 2.12. The van der Waals surface area contributed by atoms with Crippen LogP contribution in [0.5, 0.6) is 0 Å². The fourth-order valence-electron chi connectivity index (χ4n) is 1.33. The number of halogens is 2. The summed E-state index contributed by atoms with van der Waals surface area (Å²) in [4.78, 5) is 8.62. The van der Waals surface area contributed by atoms with E-state index in [-0.39, 0.29) is 0 Å². The van der Waals surface area contributed by atoms with Crippen molar-refractivity contribution in [2.75, 3.05) is 7.05 Å². The predicted octanol–water partition coefficient (Wildman–Crippen LogP) is 3.27. The largest absolute Gasteiger partial charge is 0.335 e. The van der Waals surface area contributed by atoms with E-state index in [9.17, 15) is 0 Å². The molecule has 80 valence electrons. The number of thiophene rings is 1. The fraction of sp³-hybridized carbons (Fsp3) is 0.222. The molecule has 0 fully saturated rings. The summed E-state index contributed by atoms with van der Waals surface area (Å²) in [5, 5.41) is 3.09. The molecule has 0 radical (unpaired) electrons. The summed E-state index contributed by atoms with van der Waals surface area (Å²) in [5.74, 6) is 0. The van der Waals surface area contributed by atoms with Crippen molar-refractivity contribution < 1.29 is 0 Å². The third kappa shape index (κ3) is 2.42. The Labute approximate surface area is 105 Å². The lowest BCUT2D eigenvalue weighted by Gasteiger charge is -1.98. The van der Waals surface area contributed by atoms with Gasteiger partial charge in [0.25, 0.3) is 0 Å². The van der Waals surface area contributed by atoms with Crippen LogP contribution in [0.15, 0.2) is 16.9 Å². The highest BCUT2D eigenvalue weighted by Crippen LogP contribution is 2.32. The van der Waals surface area contributed by atoms with Crippen LogP contribution in [-0.2, 0) is 6.54 Å². The SMILES string of the molecule is CNCc1[nH]c(Br)nc1-c1ccc(Cl)s1. The molecule has 0 aromatic carbocycles. The van der Waals surface area contributed by atoms with Gasteiger partial charge in [0, 0.05) is 6.54 Å². The summed E-state index contributed by atoms with van der Waals surface area (Å²) in [7, 11) is 1.90. The van der Waals surface area contributed by atoms with Gasteiger partial charge in [0.15, 0.2) is 4.73 Å². The Hall–Kier alpha value is -0.360. The lowest BCUT2D eigenvalue weighted by Crippen LogP contribution is -2.06. The van der Waals surface area contributed by atoms with Crippen molar-refractivity contribution in [2.24, 2.45) is 0 Å². The highest BCUT2D eigenvalue weighted by molar-refractivity contribution is 9.10. The fourth-order valence-corrected chi connectivity index (χ4v) is 2.80. The molecule has 0 atom stereocenters. The molecule has 0 bridgehead atoms. The molecule has 0 spiro atoms. The van der Waals surface area contributed by atoms with E-state index in [2.05, 4.69) is 31.2 Å². The van der Waals surface area contributed by atoms with E-state index in [1.165, 1.54) is 11.3 Å². The summed E-state index contributed by atoms with van der Waals surface area (Å²) in [6, 6.07) is 3.86. The van der Waals surface area contributed by atoms with Crippen LogP contribution in [-0.4, -0.2) is 17.0 Å². The lowest BCUT2D eigenvalue weighted by atomic mass is 10.3. The maximum atomic E-state index is 5.90. The van der Waals surface area contributed by atoms with Gasteiger partial charge in [0.2, 0.25) is 0 Å². The topological polar surface area (TPSA) is 40.7 Å².